The van der Waals surface area contributed by atoms with Gasteiger partial charge in [-0.2, -0.15) is 0 Å². The number of carbonyl (C=O) groups excluding carboxylic acids is 3. The zero-order valence-electron chi connectivity index (χ0n) is 19.3. The van der Waals surface area contributed by atoms with Crippen molar-refractivity contribution in [2.75, 3.05) is 31.3 Å². The highest BCUT2D eigenvalue weighted by molar-refractivity contribution is 6.02. The van der Waals surface area contributed by atoms with Gasteiger partial charge < -0.3 is 30.3 Å². The van der Waals surface area contributed by atoms with Crippen molar-refractivity contribution in [3.63, 3.8) is 0 Å². The molecule has 0 saturated carbocycles. The van der Waals surface area contributed by atoms with Gasteiger partial charge in [-0.15, -0.1) is 0 Å². The Morgan fingerprint density at radius 2 is 1.77 bits per heavy atom. The van der Waals surface area contributed by atoms with Gasteiger partial charge in [0.15, 0.2) is 11.6 Å². The molecular formula is C24H26F2N4O5. The fraction of sp³-hybridized carbons (Fsp3) is 0.375. The van der Waals surface area contributed by atoms with E-state index in [1.807, 2.05) is 0 Å². The van der Waals surface area contributed by atoms with Crippen molar-refractivity contribution in [3.05, 3.63) is 53.6 Å². The Labute approximate surface area is 200 Å². The molecule has 4 rings (SSSR count). The van der Waals surface area contributed by atoms with Gasteiger partial charge in [0.1, 0.15) is 18.5 Å². The highest BCUT2D eigenvalue weighted by Gasteiger charge is 2.39. The molecule has 2 aliphatic rings. The number of anilines is 2. The van der Waals surface area contributed by atoms with E-state index >= 15 is 0 Å². The summed E-state index contributed by atoms with van der Waals surface area (Å²) < 4.78 is 38.4. The van der Waals surface area contributed by atoms with Crippen LogP contribution in [0.1, 0.15) is 29.6 Å². The molecule has 186 valence electrons. The lowest BCUT2D eigenvalue weighted by molar-refractivity contribution is -0.133. The lowest BCUT2D eigenvalue weighted by Crippen LogP contribution is -2.53. The van der Waals surface area contributed by atoms with Crippen LogP contribution in [-0.2, 0) is 9.53 Å². The summed E-state index contributed by atoms with van der Waals surface area (Å²) in [6.07, 6.45) is 0.893. The topological polar surface area (TPSA) is 109 Å². The third-order valence-electron chi connectivity index (χ3n) is 6.14. The summed E-state index contributed by atoms with van der Waals surface area (Å²) in [7, 11) is 3.26. The van der Waals surface area contributed by atoms with E-state index in [1.54, 1.807) is 31.1 Å². The molecule has 3 N–H and O–H groups in total. The first-order chi connectivity index (χ1) is 16.7. The van der Waals surface area contributed by atoms with Crippen LogP contribution >= 0.6 is 0 Å². The van der Waals surface area contributed by atoms with Gasteiger partial charge in [-0.05, 0) is 43.2 Å². The van der Waals surface area contributed by atoms with E-state index in [1.165, 1.54) is 12.1 Å². The molecule has 0 radical (unpaired) electrons. The van der Waals surface area contributed by atoms with Crippen LogP contribution < -0.4 is 20.7 Å². The largest absolute Gasteiger partial charge is 0.490 e. The Bertz CT molecular complexity index is 1140. The predicted molar refractivity (Wildman–Crippen MR) is 123 cm³/mol. The third kappa shape index (κ3) is 5.51. The van der Waals surface area contributed by atoms with Crippen LogP contribution in [-0.4, -0.2) is 61.7 Å². The molecule has 11 heteroatoms. The van der Waals surface area contributed by atoms with Crippen LogP contribution in [0, 0.1) is 11.6 Å². The van der Waals surface area contributed by atoms with Crippen molar-refractivity contribution >= 4 is 29.2 Å². The summed E-state index contributed by atoms with van der Waals surface area (Å²) in [6.45, 7) is 0.197. The van der Waals surface area contributed by atoms with Crippen LogP contribution in [0.3, 0.4) is 0 Å². The fourth-order valence-electron chi connectivity index (χ4n) is 4.28. The Kier molecular flexibility index (Phi) is 7.15. The van der Waals surface area contributed by atoms with E-state index in [-0.39, 0.29) is 54.3 Å². The molecule has 1 fully saturated rings. The fourth-order valence-corrected chi connectivity index (χ4v) is 4.28. The van der Waals surface area contributed by atoms with Crippen LogP contribution in [0.5, 0.6) is 5.75 Å². The smallest absolute Gasteiger partial charge is 0.323 e. The average Bonchev–Trinajstić information content (AvgIpc) is 2.84. The van der Waals surface area contributed by atoms with E-state index in [0.29, 0.717) is 24.3 Å². The Morgan fingerprint density at radius 3 is 2.49 bits per heavy atom. The molecule has 1 saturated heterocycles. The first-order valence-electron chi connectivity index (χ1n) is 11.2. The molecule has 0 aromatic heterocycles. The number of likely N-dealkylation sites (N-methyl/N-ethyl adjacent to an activating group) is 1. The molecule has 9 nitrogen and oxygen atoms in total. The van der Waals surface area contributed by atoms with Crippen molar-refractivity contribution in [2.45, 2.75) is 37.5 Å². The van der Waals surface area contributed by atoms with Crippen molar-refractivity contribution in [3.8, 4) is 5.75 Å². The molecule has 2 heterocycles. The van der Waals surface area contributed by atoms with Gasteiger partial charge in [-0.3, -0.25) is 9.59 Å². The second-order valence-corrected chi connectivity index (χ2v) is 8.46. The molecule has 2 aliphatic heterocycles. The monoisotopic (exact) mass is 488 g/mol. The van der Waals surface area contributed by atoms with Crippen molar-refractivity contribution in [2.24, 2.45) is 0 Å². The molecular weight excluding hydrogens is 462 g/mol. The van der Waals surface area contributed by atoms with E-state index in [0.717, 1.165) is 12.1 Å². The minimum atomic E-state index is -1.08. The number of carbonyl (C=O) groups is 3. The number of benzene rings is 2. The molecule has 0 spiro atoms. The van der Waals surface area contributed by atoms with Gasteiger partial charge >= 0.3 is 6.03 Å². The first-order valence-corrected chi connectivity index (χ1v) is 11.2. The zero-order chi connectivity index (χ0) is 25.1. The number of ether oxygens (including phenoxy) is 2. The molecule has 4 amide bonds. The maximum atomic E-state index is 13.4. The van der Waals surface area contributed by atoms with Crippen molar-refractivity contribution in [1.82, 2.24) is 10.2 Å². The van der Waals surface area contributed by atoms with Gasteiger partial charge in [-0.25, -0.2) is 13.6 Å². The summed E-state index contributed by atoms with van der Waals surface area (Å²) in [4.78, 5) is 38.9. The number of nitrogens with one attached hydrogen (secondary N) is 3. The second kappa shape index (κ2) is 10.3. The average molecular weight is 488 g/mol. The Morgan fingerprint density at radius 1 is 1.06 bits per heavy atom. The first kappa shape index (κ1) is 24.4. The molecule has 3 atom stereocenters. The third-order valence-corrected chi connectivity index (χ3v) is 6.14. The number of fused-ring (bicyclic) bond motifs is 2. The molecule has 35 heavy (non-hydrogen) atoms. The van der Waals surface area contributed by atoms with Crippen molar-refractivity contribution < 1.29 is 32.6 Å². The molecule has 0 aliphatic carbocycles. The normalized spacial score (nSPS) is 21.5. The number of nitrogens with zero attached hydrogens (tertiary/aromatic N) is 1. The number of hydrogen-bond acceptors (Lipinski definition) is 5. The quantitative estimate of drug-likeness (QED) is 0.613. The number of hydrogen-bond donors (Lipinski definition) is 3. The van der Waals surface area contributed by atoms with Crippen LogP contribution in [0.15, 0.2) is 36.4 Å². The maximum Gasteiger partial charge on any atom is 0.323 e. The highest BCUT2D eigenvalue weighted by Crippen LogP contribution is 2.32. The number of halogens is 2. The zero-order valence-corrected chi connectivity index (χ0v) is 19.3. The van der Waals surface area contributed by atoms with E-state index in [9.17, 15) is 23.2 Å². The SMILES string of the molecule is CNC(=O)C[C@H]1CC[C@H]2[C@H](COc3ccc(NC(=O)Nc4ccc(F)c(F)c4)cc3C(=O)N2C)O1. The predicted octanol–water partition coefficient (Wildman–Crippen LogP) is 3.13. The summed E-state index contributed by atoms with van der Waals surface area (Å²) >= 11 is 0. The van der Waals surface area contributed by atoms with Crippen LogP contribution in [0.2, 0.25) is 0 Å². The van der Waals surface area contributed by atoms with Crippen molar-refractivity contribution in [1.29, 1.82) is 0 Å². The summed E-state index contributed by atoms with van der Waals surface area (Å²) in [5.41, 5.74) is 0.658. The van der Waals surface area contributed by atoms with E-state index in [4.69, 9.17) is 9.47 Å². The maximum absolute atomic E-state index is 13.4. The number of rotatable bonds is 4. The minimum absolute atomic E-state index is 0.0739. The lowest BCUT2D eigenvalue weighted by Gasteiger charge is -2.42. The second-order valence-electron chi connectivity index (χ2n) is 8.46. The summed E-state index contributed by atoms with van der Waals surface area (Å²) in [6, 6.07) is 6.71. The molecule has 0 bridgehead atoms. The van der Waals surface area contributed by atoms with Crippen LogP contribution in [0.25, 0.3) is 0 Å². The Balaban J connectivity index is 1.46. The van der Waals surface area contributed by atoms with Gasteiger partial charge in [0.2, 0.25) is 5.91 Å². The summed E-state index contributed by atoms with van der Waals surface area (Å²) in [5, 5.41) is 7.58. The van der Waals surface area contributed by atoms with E-state index < -0.39 is 17.7 Å². The highest BCUT2D eigenvalue weighted by atomic mass is 19.2. The summed E-state index contributed by atoms with van der Waals surface area (Å²) in [5.74, 6) is -2.17. The standard InChI is InChI=1S/C24H26F2N4O5/c1-27-22(31)11-15-5-7-19-21(35-15)12-34-20-8-4-13(9-16(20)23(32)30(19)2)28-24(33)29-14-3-6-17(25)18(26)10-14/h3-4,6,8-10,15,19,21H,5,7,11-12H2,1-2H3,(H,27,31)(H2,28,29,33)/t15-,19+,21+/m1/s1. The molecule has 2 aromatic rings. The van der Waals surface area contributed by atoms with Crippen LogP contribution in [0.4, 0.5) is 25.0 Å². The molecule has 0 unspecified atom stereocenters. The number of amides is 4. The Hall–Kier alpha value is -3.73. The molecule has 2 aromatic carbocycles. The number of urea groups is 1. The van der Waals surface area contributed by atoms with E-state index in [2.05, 4.69) is 16.0 Å². The lowest BCUT2D eigenvalue weighted by atomic mass is 9.94. The minimum Gasteiger partial charge on any atom is -0.490 e. The van der Waals surface area contributed by atoms with Gasteiger partial charge in [0, 0.05) is 31.5 Å². The van der Waals surface area contributed by atoms with Gasteiger partial charge in [0.25, 0.3) is 5.91 Å². The van der Waals surface area contributed by atoms with Gasteiger partial charge in [-0.1, -0.05) is 0 Å². The van der Waals surface area contributed by atoms with Gasteiger partial charge in [0.05, 0.1) is 24.1 Å².